The van der Waals surface area contributed by atoms with Crippen molar-refractivity contribution in [1.29, 1.82) is 0 Å². The maximum absolute atomic E-state index is 15.3. The third kappa shape index (κ3) is 3.61. The third-order valence-electron chi connectivity index (χ3n) is 10.8. The Hall–Kier alpha value is -5.43. The molecule has 0 amide bonds. The zero-order chi connectivity index (χ0) is 32.2. The average Bonchev–Trinajstić information content (AvgIpc) is 3.68. The Morgan fingerprint density at radius 2 is 1.15 bits per heavy atom. The molecule has 0 fully saturated rings. The van der Waals surface area contributed by atoms with Gasteiger partial charge in [0.2, 0.25) is 0 Å². The van der Waals surface area contributed by atoms with E-state index in [-0.39, 0.29) is 5.41 Å². The van der Waals surface area contributed by atoms with Gasteiger partial charge in [0.1, 0.15) is 0 Å². The van der Waals surface area contributed by atoms with Crippen molar-refractivity contribution in [2.75, 3.05) is 0 Å². The minimum Gasteiger partial charge on any atom is -0.309 e. The lowest BCUT2D eigenvalue weighted by Gasteiger charge is -2.22. The van der Waals surface area contributed by atoms with Crippen molar-refractivity contribution < 1.29 is 4.57 Å². The van der Waals surface area contributed by atoms with Crippen LogP contribution in [0.15, 0.2) is 158 Å². The molecule has 10 rings (SSSR count). The van der Waals surface area contributed by atoms with Crippen LogP contribution in [0.3, 0.4) is 0 Å². The second kappa shape index (κ2) is 9.80. The molecular weight excluding hydrogens is 601 g/mol. The van der Waals surface area contributed by atoms with Gasteiger partial charge in [0.25, 0.3) is 0 Å². The van der Waals surface area contributed by atoms with Crippen LogP contribution in [0.1, 0.15) is 25.0 Å². The summed E-state index contributed by atoms with van der Waals surface area (Å²) in [5, 5.41) is 5.04. The molecule has 228 valence electrons. The van der Waals surface area contributed by atoms with E-state index in [0.717, 1.165) is 49.1 Å². The molecule has 0 saturated heterocycles. The summed E-state index contributed by atoms with van der Waals surface area (Å²) in [6.07, 6.45) is 0. The van der Waals surface area contributed by atoms with Crippen LogP contribution < -0.4 is 15.9 Å². The van der Waals surface area contributed by atoms with E-state index >= 15 is 4.57 Å². The van der Waals surface area contributed by atoms with Crippen molar-refractivity contribution in [3.05, 3.63) is 169 Å². The van der Waals surface area contributed by atoms with Gasteiger partial charge in [0, 0.05) is 37.8 Å². The number of hydrogen-bond donors (Lipinski definition) is 0. The fraction of sp³-hybridized carbons (Fsp3) is 0.0667. The van der Waals surface area contributed by atoms with Gasteiger partial charge in [-0.3, -0.25) is 0 Å². The molecule has 8 aromatic rings. The maximum atomic E-state index is 15.3. The summed E-state index contributed by atoms with van der Waals surface area (Å²) in [7, 11) is -3.05. The minimum atomic E-state index is -3.05. The van der Waals surface area contributed by atoms with Gasteiger partial charge in [0.05, 0.1) is 11.0 Å². The van der Waals surface area contributed by atoms with Crippen molar-refractivity contribution in [2.24, 2.45) is 0 Å². The third-order valence-corrected chi connectivity index (χ3v) is 13.9. The standard InChI is InChI=1S/C45H32NOP/c1-45(2)39-23-21-30(29-13-5-3-6-14-29)25-35(39)36-26-31(22-24-40(36)45)46-41-19-11-9-17-33(41)37-28-44-38(27-42(37)46)34-18-10-12-20-43(34)48(44,47)32-15-7-4-8-16-32/h3-28H,1-2H3. The molecule has 48 heavy (non-hydrogen) atoms. The van der Waals surface area contributed by atoms with Gasteiger partial charge in [-0.2, -0.15) is 0 Å². The summed E-state index contributed by atoms with van der Waals surface area (Å²) in [6.45, 7) is 4.68. The van der Waals surface area contributed by atoms with Gasteiger partial charge >= 0.3 is 0 Å². The second-order valence-electron chi connectivity index (χ2n) is 13.7. The molecule has 7 aromatic carbocycles. The van der Waals surface area contributed by atoms with E-state index < -0.39 is 7.14 Å². The summed E-state index contributed by atoms with van der Waals surface area (Å²) in [5.41, 5.74) is 13.2. The van der Waals surface area contributed by atoms with Crippen LogP contribution in [0.4, 0.5) is 0 Å². The van der Waals surface area contributed by atoms with Crippen LogP contribution in [-0.2, 0) is 9.98 Å². The first-order valence-electron chi connectivity index (χ1n) is 16.6. The lowest BCUT2D eigenvalue weighted by Crippen LogP contribution is -2.20. The van der Waals surface area contributed by atoms with Crippen LogP contribution in [0.25, 0.3) is 60.9 Å². The zero-order valence-electron chi connectivity index (χ0n) is 26.8. The lowest BCUT2D eigenvalue weighted by atomic mass is 9.82. The first-order valence-corrected chi connectivity index (χ1v) is 18.3. The predicted octanol–water partition coefficient (Wildman–Crippen LogP) is 10.4. The molecular formula is C45H32NOP. The maximum Gasteiger partial charge on any atom is 0.172 e. The first-order chi connectivity index (χ1) is 23.4. The largest absolute Gasteiger partial charge is 0.309 e. The molecule has 1 atom stereocenters. The summed E-state index contributed by atoms with van der Waals surface area (Å²) in [6, 6.07) is 56.1. The highest BCUT2D eigenvalue weighted by molar-refractivity contribution is 7.86. The number of para-hydroxylation sites is 1. The van der Waals surface area contributed by atoms with Gasteiger partial charge in [-0.25, -0.2) is 0 Å². The van der Waals surface area contributed by atoms with Gasteiger partial charge < -0.3 is 9.13 Å². The summed E-state index contributed by atoms with van der Waals surface area (Å²) in [5.74, 6) is 0. The Morgan fingerprint density at radius 3 is 1.96 bits per heavy atom. The molecule has 1 unspecified atom stereocenters. The van der Waals surface area contributed by atoms with Gasteiger partial charge in [0.15, 0.2) is 7.14 Å². The van der Waals surface area contributed by atoms with Crippen LogP contribution >= 0.6 is 7.14 Å². The molecule has 0 bridgehead atoms. The molecule has 2 aliphatic rings. The predicted molar refractivity (Wildman–Crippen MR) is 202 cm³/mol. The Bertz CT molecular complexity index is 2670. The Morgan fingerprint density at radius 1 is 0.479 bits per heavy atom. The van der Waals surface area contributed by atoms with Crippen LogP contribution in [-0.4, -0.2) is 4.57 Å². The number of benzene rings is 7. The van der Waals surface area contributed by atoms with E-state index in [2.05, 4.69) is 140 Å². The van der Waals surface area contributed by atoms with Crippen molar-refractivity contribution in [3.8, 4) is 39.1 Å². The number of rotatable bonds is 3. The van der Waals surface area contributed by atoms with E-state index in [1.165, 1.54) is 38.8 Å². The molecule has 2 heterocycles. The Balaban J connectivity index is 1.23. The van der Waals surface area contributed by atoms with Crippen molar-refractivity contribution in [2.45, 2.75) is 19.3 Å². The first kappa shape index (κ1) is 27.7. The molecule has 2 nitrogen and oxygen atoms in total. The number of nitrogens with zero attached hydrogens (tertiary/aromatic N) is 1. The van der Waals surface area contributed by atoms with E-state index in [1.54, 1.807) is 0 Å². The average molecular weight is 634 g/mol. The fourth-order valence-electron chi connectivity index (χ4n) is 8.49. The topological polar surface area (TPSA) is 22.0 Å². The van der Waals surface area contributed by atoms with Gasteiger partial charge in [-0.15, -0.1) is 0 Å². The second-order valence-corrected chi connectivity index (χ2v) is 16.4. The zero-order valence-corrected chi connectivity index (χ0v) is 27.7. The van der Waals surface area contributed by atoms with E-state index in [0.29, 0.717) is 0 Å². The molecule has 1 aliphatic heterocycles. The number of aromatic nitrogens is 1. The molecule has 0 N–H and O–H groups in total. The van der Waals surface area contributed by atoms with Crippen molar-refractivity contribution in [1.82, 2.24) is 4.57 Å². The fourth-order valence-corrected chi connectivity index (χ4v) is 11.6. The monoisotopic (exact) mass is 633 g/mol. The molecule has 0 spiro atoms. The highest BCUT2D eigenvalue weighted by atomic mass is 31.2. The SMILES string of the molecule is CC1(C)c2ccc(-c3ccccc3)cc2-c2cc(-n3c4ccccc4c4cc5c(cc43)-c3ccccc3P5(=O)c3ccccc3)ccc21. The molecule has 0 saturated carbocycles. The van der Waals surface area contributed by atoms with E-state index in [1.807, 2.05) is 36.4 Å². The summed E-state index contributed by atoms with van der Waals surface area (Å²) >= 11 is 0. The molecule has 1 aromatic heterocycles. The molecule has 1 aliphatic carbocycles. The quantitative estimate of drug-likeness (QED) is 0.178. The minimum absolute atomic E-state index is 0.0949. The lowest BCUT2D eigenvalue weighted by molar-refractivity contribution is 0.593. The smallest absolute Gasteiger partial charge is 0.172 e. The Kier molecular flexibility index (Phi) is 5.65. The normalized spacial score (nSPS) is 16.9. The number of hydrogen-bond acceptors (Lipinski definition) is 1. The molecule has 3 heteroatoms. The number of fused-ring (bicyclic) bond motifs is 9. The highest BCUT2D eigenvalue weighted by Gasteiger charge is 2.41. The van der Waals surface area contributed by atoms with Crippen molar-refractivity contribution in [3.63, 3.8) is 0 Å². The van der Waals surface area contributed by atoms with Crippen molar-refractivity contribution >= 4 is 44.9 Å². The molecule has 0 radical (unpaired) electrons. The van der Waals surface area contributed by atoms with Gasteiger partial charge in [-0.05, 0) is 80.9 Å². The summed E-state index contributed by atoms with van der Waals surface area (Å²) < 4.78 is 17.8. The van der Waals surface area contributed by atoms with E-state index in [4.69, 9.17) is 0 Å². The van der Waals surface area contributed by atoms with Gasteiger partial charge in [-0.1, -0.05) is 135 Å². The van der Waals surface area contributed by atoms with Crippen LogP contribution in [0, 0.1) is 0 Å². The highest BCUT2D eigenvalue weighted by Crippen LogP contribution is 2.54. The van der Waals surface area contributed by atoms with Crippen LogP contribution in [0.2, 0.25) is 0 Å². The van der Waals surface area contributed by atoms with Crippen LogP contribution in [0.5, 0.6) is 0 Å². The van der Waals surface area contributed by atoms with E-state index in [9.17, 15) is 0 Å². The summed E-state index contributed by atoms with van der Waals surface area (Å²) in [4.78, 5) is 0. The Labute approximate surface area is 280 Å².